The zero-order chi connectivity index (χ0) is 22.8. The second-order valence-corrected chi connectivity index (χ2v) is 8.64. The molecule has 0 bridgehead atoms. The van der Waals surface area contributed by atoms with Crippen LogP contribution in [0, 0.1) is 0 Å². The molecular formula is C22H18N8O2S. The lowest BCUT2D eigenvalue weighted by Crippen LogP contribution is -2.15. The molecule has 0 saturated heterocycles. The number of anilines is 1. The number of rotatable bonds is 6. The van der Waals surface area contributed by atoms with Crippen molar-refractivity contribution in [2.75, 3.05) is 5.32 Å². The first-order chi connectivity index (χ1) is 16.0. The van der Waals surface area contributed by atoms with E-state index in [1.165, 1.54) is 6.20 Å². The third-order valence-corrected chi connectivity index (χ3v) is 5.67. The summed E-state index contributed by atoms with van der Waals surface area (Å²) in [6.07, 6.45) is 6.01. The molecule has 5 aromatic rings. The minimum Gasteiger partial charge on any atom is -0.363 e. The van der Waals surface area contributed by atoms with Crippen LogP contribution in [-0.4, -0.2) is 38.0 Å². The van der Waals surface area contributed by atoms with E-state index in [1.807, 2.05) is 60.8 Å². The van der Waals surface area contributed by atoms with Crippen molar-refractivity contribution in [1.29, 1.82) is 0 Å². The number of nitrogens with one attached hydrogen (secondary N) is 1. The fourth-order valence-corrected chi connectivity index (χ4v) is 3.81. The van der Waals surface area contributed by atoms with Crippen LogP contribution in [0.15, 0.2) is 84.4 Å². The Kier molecular flexibility index (Phi) is 5.24. The van der Waals surface area contributed by atoms with E-state index in [9.17, 15) is 8.42 Å². The molecule has 0 radical (unpaired) electrons. The van der Waals surface area contributed by atoms with E-state index in [4.69, 9.17) is 5.14 Å². The van der Waals surface area contributed by atoms with Crippen molar-refractivity contribution in [2.24, 2.45) is 5.14 Å². The molecule has 0 fully saturated rings. The van der Waals surface area contributed by atoms with Gasteiger partial charge in [0.25, 0.3) is 10.0 Å². The summed E-state index contributed by atoms with van der Waals surface area (Å²) in [5.41, 5.74) is 3.72. The Balaban J connectivity index is 1.65. The largest absolute Gasteiger partial charge is 0.363 e. The minimum absolute atomic E-state index is 0.180. The highest BCUT2D eigenvalue weighted by Gasteiger charge is 2.18. The van der Waals surface area contributed by atoms with Crippen LogP contribution in [0.5, 0.6) is 0 Å². The lowest BCUT2D eigenvalue weighted by molar-refractivity contribution is 0.593. The van der Waals surface area contributed by atoms with Gasteiger partial charge in [0, 0.05) is 18.0 Å². The SMILES string of the molecule is NS(=O)(=O)c1cncc(-c2nc(NCc3ccccn3)c3c(-c4ccccc4)ccn3n2)n1. The van der Waals surface area contributed by atoms with Gasteiger partial charge in [-0.05, 0) is 23.8 Å². The van der Waals surface area contributed by atoms with Crippen LogP contribution >= 0.6 is 0 Å². The summed E-state index contributed by atoms with van der Waals surface area (Å²) in [4.78, 5) is 17.0. The molecular weight excluding hydrogens is 440 g/mol. The second kappa shape index (κ2) is 8.37. The lowest BCUT2D eigenvalue weighted by Gasteiger charge is -2.11. The Hall–Kier alpha value is -4.22. The highest BCUT2D eigenvalue weighted by atomic mass is 32.2. The van der Waals surface area contributed by atoms with E-state index in [2.05, 4.69) is 30.4 Å². The zero-order valence-corrected chi connectivity index (χ0v) is 18.0. The van der Waals surface area contributed by atoms with Crippen LogP contribution in [0.1, 0.15) is 5.69 Å². The van der Waals surface area contributed by atoms with Crippen molar-refractivity contribution in [3.63, 3.8) is 0 Å². The van der Waals surface area contributed by atoms with Crippen LogP contribution in [0.2, 0.25) is 0 Å². The first-order valence-electron chi connectivity index (χ1n) is 9.93. The fourth-order valence-electron chi connectivity index (χ4n) is 3.38. The predicted molar refractivity (Wildman–Crippen MR) is 122 cm³/mol. The maximum Gasteiger partial charge on any atom is 0.257 e. The zero-order valence-electron chi connectivity index (χ0n) is 17.2. The van der Waals surface area contributed by atoms with Gasteiger partial charge in [-0.3, -0.25) is 9.97 Å². The number of hydrogen-bond donors (Lipinski definition) is 2. The van der Waals surface area contributed by atoms with Crippen LogP contribution in [0.25, 0.3) is 28.2 Å². The van der Waals surface area contributed by atoms with E-state index in [1.54, 1.807) is 10.7 Å². The molecule has 0 aliphatic carbocycles. The van der Waals surface area contributed by atoms with Crippen molar-refractivity contribution in [3.05, 3.63) is 85.1 Å². The van der Waals surface area contributed by atoms with Gasteiger partial charge in [0.1, 0.15) is 11.2 Å². The monoisotopic (exact) mass is 458 g/mol. The average molecular weight is 459 g/mol. The van der Waals surface area contributed by atoms with Gasteiger partial charge in [-0.25, -0.2) is 28.0 Å². The number of aromatic nitrogens is 6. The summed E-state index contributed by atoms with van der Waals surface area (Å²) >= 11 is 0. The Bertz CT molecular complexity index is 1540. The molecule has 0 aliphatic rings. The van der Waals surface area contributed by atoms with Gasteiger partial charge in [-0.2, -0.15) is 0 Å². The summed E-state index contributed by atoms with van der Waals surface area (Å²) in [5, 5.41) is 12.7. The van der Waals surface area contributed by atoms with E-state index in [0.29, 0.717) is 12.4 Å². The van der Waals surface area contributed by atoms with Gasteiger partial charge < -0.3 is 5.32 Å². The summed E-state index contributed by atoms with van der Waals surface area (Å²) < 4.78 is 25.1. The first kappa shape index (κ1) is 20.7. The van der Waals surface area contributed by atoms with Crippen molar-refractivity contribution < 1.29 is 8.42 Å². The summed E-state index contributed by atoms with van der Waals surface area (Å²) in [6.45, 7) is 0.426. The van der Waals surface area contributed by atoms with Gasteiger partial charge in [0.15, 0.2) is 10.8 Å². The van der Waals surface area contributed by atoms with Crippen molar-refractivity contribution in [1.82, 2.24) is 29.5 Å². The van der Waals surface area contributed by atoms with E-state index >= 15 is 0 Å². The van der Waals surface area contributed by atoms with E-state index in [-0.39, 0.29) is 16.5 Å². The molecule has 4 aromatic heterocycles. The third-order valence-electron chi connectivity index (χ3n) is 4.89. The summed E-state index contributed by atoms with van der Waals surface area (Å²) in [6, 6.07) is 17.5. The molecule has 0 spiro atoms. The van der Waals surface area contributed by atoms with Gasteiger partial charge in [-0.15, -0.1) is 5.10 Å². The van der Waals surface area contributed by atoms with Gasteiger partial charge in [0.2, 0.25) is 5.82 Å². The topological polar surface area (TPSA) is 141 Å². The van der Waals surface area contributed by atoms with Crippen LogP contribution in [0.3, 0.4) is 0 Å². The molecule has 0 saturated carbocycles. The number of pyridine rings is 1. The fraction of sp³-hybridized carbons (Fsp3) is 0.0455. The van der Waals surface area contributed by atoms with Crippen LogP contribution in [0.4, 0.5) is 5.82 Å². The number of nitrogens with zero attached hydrogens (tertiary/aromatic N) is 6. The molecule has 0 unspecified atom stereocenters. The van der Waals surface area contributed by atoms with Gasteiger partial charge >= 0.3 is 0 Å². The van der Waals surface area contributed by atoms with E-state index < -0.39 is 10.0 Å². The maximum absolute atomic E-state index is 11.7. The van der Waals surface area contributed by atoms with Crippen molar-refractivity contribution in [2.45, 2.75) is 11.6 Å². The van der Waals surface area contributed by atoms with E-state index in [0.717, 1.165) is 28.5 Å². The Morgan fingerprint density at radius 1 is 0.970 bits per heavy atom. The molecule has 3 N–H and O–H groups in total. The van der Waals surface area contributed by atoms with Gasteiger partial charge in [0.05, 0.1) is 24.6 Å². The molecule has 4 heterocycles. The molecule has 0 amide bonds. The maximum atomic E-state index is 11.7. The highest BCUT2D eigenvalue weighted by Crippen LogP contribution is 2.31. The molecule has 33 heavy (non-hydrogen) atoms. The molecule has 5 rings (SSSR count). The number of primary sulfonamides is 1. The Labute approximate surface area is 189 Å². The number of benzene rings is 1. The molecule has 0 aliphatic heterocycles. The molecule has 164 valence electrons. The van der Waals surface area contributed by atoms with Crippen molar-refractivity contribution >= 4 is 21.4 Å². The number of fused-ring (bicyclic) bond motifs is 1. The number of sulfonamides is 1. The average Bonchev–Trinajstić information content (AvgIpc) is 3.28. The third kappa shape index (κ3) is 4.27. The second-order valence-electron chi connectivity index (χ2n) is 7.13. The highest BCUT2D eigenvalue weighted by molar-refractivity contribution is 7.89. The normalized spacial score (nSPS) is 11.5. The molecule has 10 nitrogen and oxygen atoms in total. The molecule has 11 heteroatoms. The minimum atomic E-state index is -4.02. The quantitative estimate of drug-likeness (QED) is 0.395. The first-order valence-corrected chi connectivity index (χ1v) is 11.5. The molecule has 0 atom stereocenters. The Morgan fingerprint density at radius 2 is 1.79 bits per heavy atom. The summed E-state index contributed by atoms with van der Waals surface area (Å²) in [5.74, 6) is 0.733. The van der Waals surface area contributed by atoms with Gasteiger partial charge in [-0.1, -0.05) is 36.4 Å². The number of nitrogens with two attached hydrogens (primary N) is 1. The van der Waals surface area contributed by atoms with Crippen molar-refractivity contribution in [3.8, 4) is 22.6 Å². The van der Waals surface area contributed by atoms with Crippen LogP contribution < -0.4 is 10.5 Å². The predicted octanol–water partition coefficient (Wildman–Crippen LogP) is 2.51. The standard InChI is InChI=1S/C22H18N8O2S/c23-33(31,32)19-14-24-13-18(27-19)21-28-22(26-12-16-8-4-5-10-25-16)20-17(9-11-30(20)29-21)15-6-2-1-3-7-15/h1-11,13-14H,12H2,(H2,23,31,32)(H,26,28,29). The lowest BCUT2D eigenvalue weighted by atomic mass is 10.1. The van der Waals surface area contributed by atoms with Crippen LogP contribution in [-0.2, 0) is 16.6 Å². The Morgan fingerprint density at radius 3 is 2.55 bits per heavy atom. The number of hydrogen-bond acceptors (Lipinski definition) is 8. The molecule has 1 aromatic carbocycles. The summed E-state index contributed by atoms with van der Waals surface area (Å²) in [7, 11) is -4.02. The smallest absolute Gasteiger partial charge is 0.257 e.